The van der Waals surface area contributed by atoms with Crippen LogP contribution in [0.1, 0.15) is 34.8 Å². The summed E-state index contributed by atoms with van der Waals surface area (Å²) in [4.78, 5) is 41.0. The lowest BCUT2D eigenvalue weighted by Gasteiger charge is -2.50. The molecule has 1 amide bonds. The third-order valence-electron chi connectivity index (χ3n) is 8.50. The number of ether oxygens (including phenoxy) is 1. The van der Waals surface area contributed by atoms with E-state index in [9.17, 15) is 34.8 Å². The van der Waals surface area contributed by atoms with Gasteiger partial charge in [0.15, 0.2) is 11.4 Å². The second-order valence-corrected chi connectivity index (χ2v) is 10.9. The summed E-state index contributed by atoms with van der Waals surface area (Å²) in [5.41, 5.74) is 10.3. The van der Waals surface area contributed by atoms with Crippen LogP contribution in [-0.2, 0) is 22.6 Å². The van der Waals surface area contributed by atoms with Gasteiger partial charge in [-0.15, -0.1) is 0 Å². The van der Waals surface area contributed by atoms with Crippen molar-refractivity contribution < 1.29 is 39.5 Å². The SMILES string of the molecule is CCOc1ccc(-c2ccc(O)c3c2CC2CC4C(N(C)C)C(O)=C(C(N)=O)C(=O)C4(O)C(O)=C2C3=O)cc1CN. The molecule has 2 aromatic rings. The van der Waals surface area contributed by atoms with Crippen LogP contribution >= 0.6 is 0 Å². The van der Waals surface area contributed by atoms with Gasteiger partial charge < -0.3 is 36.6 Å². The first-order valence-electron chi connectivity index (χ1n) is 13.3. The lowest BCUT2D eigenvalue weighted by Crippen LogP contribution is -2.63. The van der Waals surface area contributed by atoms with E-state index in [0.717, 1.165) is 11.1 Å². The number of carbonyl (C=O) groups excluding carboxylic acids is 3. The molecule has 0 heterocycles. The van der Waals surface area contributed by atoms with Crippen LogP contribution < -0.4 is 16.2 Å². The number of allylic oxidation sites excluding steroid dienone is 1. The number of benzene rings is 2. The van der Waals surface area contributed by atoms with Crippen LogP contribution in [0.15, 0.2) is 53.0 Å². The van der Waals surface area contributed by atoms with Gasteiger partial charge in [-0.05, 0) is 74.7 Å². The van der Waals surface area contributed by atoms with E-state index in [1.54, 1.807) is 26.2 Å². The lowest BCUT2D eigenvalue weighted by molar-refractivity contribution is -0.148. The normalized spacial score (nSPS) is 25.7. The molecule has 4 atom stereocenters. The van der Waals surface area contributed by atoms with Gasteiger partial charge in [0.1, 0.15) is 28.6 Å². The molecular weight excluding hydrogens is 530 g/mol. The van der Waals surface area contributed by atoms with Crippen molar-refractivity contribution in [3.05, 3.63) is 69.7 Å². The van der Waals surface area contributed by atoms with Crippen molar-refractivity contribution in [2.24, 2.45) is 23.3 Å². The Morgan fingerprint density at radius 1 is 1.15 bits per heavy atom. The fourth-order valence-electron chi connectivity index (χ4n) is 6.72. The number of Topliss-reactive ketones (excluding diaryl/α,β-unsaturated/α-hetero) is 2. The maximum atomic E-state index is 13.9. The van der Waals surface area contributed by atoms with Gasteiger partial charge in [-0.3, -0.25) is 19.3 Å². The Kier molecular flexibility index (Phi) is 6.93. The quantitative estimate of drug-likeness (QED) is 0.281. The number of aromatic hydroxyl groups is 1. The Labute approximate surface area is 236 Å². The van der Waals surface area contributed by atoms with Crippen molar-refractivity contribution >= 4 is 17.5 Å². The van der Waals surface area contributed by atoms with Gasteiger partial charge in [0.2, 0.25) is 5.78 Å². The monoisotopic (exact) mass is 563 g/mol. The Morgan fingerprint density at radius 2 is 1.85 bits per heavy atom. The number of nitrogens with zero attached hydrogens (tertiary/aromatic N) is 1. The van der Waals surface area contributed by atoms with E-state index in [0.29, 0.717) is 23.5 Å². The summed E-state index contributed by atoms with van der Waals surface area (Å²) in [5.74, 6) is -6.21. The smallest absolute Gasteiger partial charge is 0.255 e. The van der Waals surface area contributed by atoms with Gasteiger partial charge in [-0.1, -0.05) is 12.1 Å². The van der Waals surface area contributed by atoms with Crippen LogP contribution in [0.3, 0.4) is 0 Å². The molecule has 216 valence electrons. The number of rotatable bonds is 6. The summed E-state index contributed by atoms with van der Waals surface area (Å²) in [6, 6.07) is 7.51. The average molecular weight is 564 g/mol. The van der Waals surface area contributed by atoms with Crippen molar-refractivity contribution in [3.63, 3.8) is 0 Å². The molecule has 3 aliphatic rings. The number of hydrogen-bond donors (Lipinski definition) is 6. The van der Waals surface area contributed by atoms with E-state index >= 15 is 0 Å². The van der Waals surface area contributed by atoms with Crippen LogP contribution in [0, 0.1) is 11.8 Å². The number of phenolic OH excluding ortho intramolecular Hbond substituents is 1. The number of hydrogen-bond acceptors (Lipinski definition) is 10. The van der Waals surface area contributed by atoms with E-state index in [1.807, 2.05) is 19.1 Å². The summed E-state index contributed by atoms with van der Waals surface area (Å²) in [6.07, 6.45) is 0.196. The molecule has 0 aromatic heterocycles. The van der Waals surface area contributed by atoms with Gasteiger partial charge >= 0.3 is 0 Å². The molecular formula is C30H33N3O8. The van der Waals surface area contributed by atoms with Gasteiger partial charge in [0, 0.05) is 23.6 Å². The summed E-state index contributed by atoms with van der Waals surface area (Å²) in [5, 5.41) is 44.9. The minimum atomic E-state index is -2.68. The Hall–Kier alpha value is -4.19. The number of carbonyl (C=O) groups is 3. The molecule has 11 nitrogen and oxygen atoms in total. The van der Waals surface area contributed by atoms with Gasteiger partial charge in [0.25, 0.3) is 5.91 Å². The van der Waals surface area contributed by atoms with Crippen LogP contribution in [0.2, 0.25) is 0 Å². The number of ketones is 2. The van der Waals surface area contributed by atoms with Crippen LogP contribution in [0.4, 0.5) is 0 Å². The van der Waals surface area contributed by atoms with E-state index in [4.69, 9.17) is 16.2 Å². The van der Waals surface area contributed by atoms with Gasteiger partial charge in [-0.2, -0.15) is 0 Å². The molecule has 3 aliphatic carbocycles. The van der Waals surface area contributed by atoms with Crippen LogP contribution in [-0.4, -0.2) is 75.1 Å². The van der Waals surface area contributed by atoms with E-state index in [-0.39, 0.29) is 36.3 Å². The molecule has 2 aromatic carbocycles. The molecule has 0 aliphatic heterocycles. The lowest BCUT2D eigenvalue weighted by atomic mass is 9.58. The number of phenols is 1. The van der Waals surface area contributed by atoms with Crippen LogP contribution in [0.5, 0.6) is 11.5 Å². The number of primary amides is 1. The minimum Gasteiger partial charge on any atom is -0.510 e. The van der Waals surface area contributed by atoms with Crippen LogP contribution in [0.25, 0.3) is 11.1 Å². The van der Waals surface area contributed by atoms with Crippen molar-refractivity contribution in [2.75, 3.05) is 20.7 Å². The number of amides is 1. The maximum absolute atomic E-state index is 13.9. The molecule has 0 saturated carbocycles. The molecule has 0 fully saturated rings. The summed E-state index contributed by atoms with van der Waals surface area (Å²) in [6.45, 7) is 2.55. The zero-order valence-electron chi connectivity index (χ0n) is 23.0. The number of nitrogens with two attached hydrogens (primary N) is 2. The van der Waals surface area contributed by atoms with E-state index < -0.39 is 58.0 Å². The predicted molar refractivity (Wildman–Crippen MR) is 148 cm³/mol. The average Bonchev–Trinajstić information content (AvgIpc) is 2.91. The van der Waals surface area contributed by atoms with E-state index in [2.05, 4.69) is 0 Å². The van der Waals surface area contributed by atoms with Gasteiger partial charge in [0.05, 0.1) is 18.2 Å². The molecule has 11 heteroatoms. The zero-order chi connectivity index (χ0) is 30.0. The first-order chi connectivity index (χ1) is 19.4. The number of aliphatic hydroxyl groups is 3. The van der Waals surface area contributed by atoms with Crippen molar-refractivity contribution in [1.29, 1.82) is 0 Å². The number of fused-ring (bicyclic) bond motifs is 3. The largest absolute Gasteiger partial charge is 0.510 e. The van der Waals surface area contributed by atoms with Crippen molar-refractivity contribution in [1.82, 2.24) is 4.90 Å². The first kappa shape index (κ1) is 28.3. The Bertz CT molecular complexity index is 1560. The first-order valence-corrected chi connectivity index (χ1v) is 13.3. The molecule has 0 spiro atoms. The summed E-state index contributed by atoms with van der Waals surface area (Å²) >= 11 is 0. The van der Waals surface area contributed by atoms with Crippen molar-refractivity contribution in [2.45, 2.75) is 38.0 Å². The zero-order valence-corrected chi connectivity index (χ0v) is 23.0. The minimum absolute atomic E-state index is 0.0121. The topological polar surface area (TPSA) is 197 Å². The highest BCUT2D eigenvalue weighted by Gasteiger charge is 2.63. The fraction of sp³-hybridized carbons (Fsp3) is 0.367. The summed E-state index contributed by atoms with van der Waals surface area (Å²) in [7, 11) is 3.18. The highest BCUT2D eigenvalue weighted by atomic mass is 16.5. The number of likely N-dealkylation sites (N-methyl/N-ethyl adjacent to an activating group) is 1. The molecule has 0 radical (unpaired) electrons. The predicted octanol–water partition coefficient (Wildman–Crippen LogP) is 1.64. The second kappa shape index (κ2) is 10.0. The third-order valence-corrected chi connectivity index (χ3v) is 8.50. The van der Waals surface area contributed by atoms with Gasteiger partial charge in [-0.25, -0.2) is 0 Å². The molecule has 41 heavy (non-hydrogen) atoms. The molecule has 0 saturated heterocycles. The number of aliphatic hydroxyl groups excluding tert-OH is 2. The molecule has 5 rings (SSSR count). The Balaban J connectivity index is 1.69. The fourth-order valence-corrected chi connectivity index (χ4v) is 6.72. The third kappa shape index (κ3) is 4.03. The molecule has 8 N–H and O–H groups in total. The highest BCUT2D eigenvalue weighted by Crippen LogP contribution is 2.53. The summed E-state index contributed by atoms with van der Waals surface area (Å²) < 4.78 is 5.66. The second-order valence-electron chi connectivity index (χ2n) is 10.9. The Morgan fingerprint density at radius 3 is 2.46 bits per heavy atom. The van der Waals surface area contributed by atoms with E-state index in [1.165, 1.54) is 11.0 Å². The standard InChI is InChI=1S/C30H33N3O8/c1-4-41-20-8-5-13(9-15(20)12-31)16-6-7-19(34)22-17(16)10-14-11-18-24(33(2)3)26(36)23(29(32)39)28(38)30(18,40)27(37)21(14)25(22)35/h5-9,14,18,24,34,36-37,40H,4,10-12,31H2,1-3H3,(H2,32,39). The molecule has 0 bridgehead atoms. The highest BCUT2D eigenvalue weighted by molar-refractivity contribution is 6.24. The molecule has 4 unspecified atom stereocenters. The van der Waals surface area contributed by atoms with Crippen molar-refractivity contribution in [3.8, 4) is 22.6 Å². The maximum Gasteiger partial charge on any atom is 0.255 e.